The molecule has 2 aromatic carbocycles. The first-order chi connectivity index (χ1) is 13.0. The number of benzene rings is 2. The smallest absolute Gasteiger partial charge is 0.271 e. The fraction of sp³-hybridized carbons (Fsp3) is 0.143. The van der Waals surface area contributed by atoms with E-state index < -0.39 is 10.0 Å². The van der Waals surface area contributed by atoms with Crippen LogP contribution < -0.4 is 4.72 Å². The van der Waals surface area contributed by atoms with Gasteiger partial charge in [-0.3, -0.25) is 4.72 Å². The second-order valence-electron chi connectivity index (χ2n) is 6.33. The molecule has 0 bridgehead atoms. The number of anilines is 1. The van der Waals surface area contributed by atoms with Crippen molar-refractivity contribution in [2.24, 2.45) is 0 Å². The molecule has 1 N–H and O–H groups in total. The third-order valence-electron chi connectivity index (χ3n) is 4.53. The Morgan fingerprint density at radius 1 is 1.11 bits per heavy atom. The summed E-state index contributed by atoms with van der Waals surface area (Å²) in [5.74, 6) is 0. The molecule has 0 aliphatic heterocycles. The molecule has 27 heavy (non-hydrogen) atoms. The molecule has 3 nitrogen and oxygen atoms in total. The molecule has 1 aromatic heterocycles. The van der Waals surface area contributed by atoms with E-state index in [0.29, 0.717) is 9.90 Å². The number of nitrogens with one attached hydrogen (secondary N) is 1. The molecular weight excluding hydrogens is 394 g/mol. The first-order valence-electron chi connectivity index (χ1n) is 8.67. The van der Waals surface area contributed by atoms with Crippen LogP contribution in [0, 0.1) is 6.92 Å². The molecule has 1 aliphatic rings. The summed E-state index contributed by atoms with van der Waals surface area (Å²) in [5.41, 5.74) is 4.08. The molecule has 0 spiro atoms. The van der Waals surface area contributed by atoms with Gasteiger partial charge in [0.25, 0.3) is 10.0 Å². The van der Waals surface area contributed by atoms with Crippen LogP contribution >= 0.6 is 23.1 Å². The van der Waals surface area contributed by atoms with Gasteiger partial charge >= 0.3 is 0 Å². The Morgan fingerprint density at radius 3 is 2.67 bits per heavy atom. The van der Waals surface area contributed by atoms with E-state index in [4.69, 9.17) is 0 Å². The maximum absolute atomic E-state index is 12.8. The second kappa shape index (κ2) is 7.54. The Labute approximate surface area is 168 Å². The van der Waals surface area contributed by atoms with Crippen molar-refractivity contribution >= 4 is 44.9 Å². The standard InChI is InChI=1S/C21H19NO2S3/c1-15-17-10-5-6-11-18(17)19(22-27(23,24)21-12-7-13-25-21)14-20(15)26-16-8-3-2-4-9-16/h2-4,6-9,11-14,22H,5,10H2,1H3. The minimum Gasteiger partial charge on any atom is -0.278 e. The van der Waals surface area contributed by atoms with Gasteiger partial charge in [0.15, 0.2) is 0 Å². The van der Waals surface area contributed by atoms with Crippen molar-refractivity contribution in [3.05, 3.63) is 76.7 Å². The summed E-state index contributed by atoms with van der Waals surface area (Å²) >= 11 is 2.89. The van der Waals surface area contributed by atoms with Gasteiger partial charge in [0.2, 0.25) is 0 Å². The van der Waals surface area contributed by atoms with Crippen molar-refractivity contribution in [3.63, 3.8) is 0 Å². The summed E-state index contributed by atoms with van der Waals surface area (Å²) in [4.78, 5) is 2.22. The third-order valence-corrected chi connectivity index (χ3v) is 8.45. The molecule has 0 saturated heterocycles. The van der Waals surface area contributed by atoms with Crippen LogP contribution in [0.25, 0.3) is 6.08 Å². The zero-order valence-electron chi connectivity index (χ0n) is 14.8. The van der Waals surface area contributed by atoms with E-state index in [1.54, 1.807) is 29.3 Å². The van der Waals surface area contributed by atoms with Crippen molar-refractivity contribution in [3.8, 4) is 0 Å². The zero-order chi connectivity index (χ0) is 18.9. The lowest BCUT2D eigenvalue weighted by Crippen LogP contribution is -2.14. The summed E-state index contributed by atoms with van der Waals surface area (Å²) in [5, 5.41) is 1.77. The van der Waals surface area contributed by atoms with Crippen molar-refractivity contribution in [2.75, 3.05) is 4.72 Å². The highest BCUT2D eigenvalue weighted by Crippen LogP contribution is 2.39. The lowest BCUT2D eigenvalue weighted by atomic mass is 9.92. The average molecular weight is 414 g/mol. The van der Waals surface area contributed by atoms with E-state index >= 15 is 0 Å². The van der Waals surface area contributed by atoms with Gasteiger partial charge in [-0.15, -0.1) is 11.3 Å². The summed E-state index contributed by atoms with van der Waals surface area (Å²) in [6.07, 6.45) is 6.04. The van der Waals surface area contributed by atoms with Crippen LogP contribution in [0.4, 0.5) is 5.69 Å². The number of sulfonamides is 1. The normalized spacial score (nSPS) is 13.4. The highest BCUT2D eigenvalue weighted by molar-refractivity contribution is 7.99. The topological polar surface area (TPSA) is 46.2 Å². The van der Waals surface area contributed by atoms with Gasteiger partial charge in [0.1, 0.15) is 4.21 Å². The zero-order valence-corrected chi connectivity index (χ0v) is 17.3. The second-order valence-corrected chi connectivity index (χ2v) is 10.3. The summed E-state index contributed by atoms with van der Waals surface area (Å²) in [7, 11) is -3.58. The fourth-order valence-electron chi connectivity index (χ4n) is 3.19. The van der Waals surface area contributed by atoms with Gasteiger partial charge in [0, 0.05) is 15.4 Å². The largest absolute Gasteiger partial charge is 0.278 e. The Morgan fingerprint density at radius 2 is 1.93 bits per heavy atom. The quantitative estimate of drug-likeness (QED) is 0.561. The van der Waals surface area contributed by atoms with E-state index in [9.17, 15) is 8.42 Å². The van der Waals surface area contributed by atoms with Crippen LogP contribution in [0.1, 0.15) is 23.1 Å². The molecule has 0 fully saturated rings. The molecule has 0 radical (unpaired) electrons. The first kappa shape index (κ1) is 18.3. The molecule has 138 valence electrons. The van der Waals surface area contributed by atoms with Crippen LogP contribution in [0.5, 0.6) is 0 Å². The van der Waals surface area contributed by atoms with Gasteiger partial charge in [-0.1, -0.05) is 48.2 Å². The molecule has 1 aliphatic carbocycles. The van der Waals surface area contributed by atoms with E-state index in [1.807, 2.05) is 30.3 Å². The van der Waals surface area contributed by atoms with E-state index in [2.05, 4.69) is 29.9 Å². The number of allylic oxidation sites excluding steroid dienone is 1. The van der Waals surface area contributed by atoms with Crippen LogP contribution in [0.2, 0.25) is 0 Å². The SMILES string of the molecule is Cc1c(Sc2ccccc2)cc(NS(=O)(=O)c2cccs2)c2c1CCC=C2. The van der Waals surface area contributed by atoms with Gasteiger partial charge in [-0.05, 0) is 60.5 Å². The van der Waals surface area contributed by atoms with Crippen molar-refractivity contribution in [1.82, 2.24) is 0 Å². The van der Waals surface area contributed by atoms with Gasteiger partial charge < -0.3 is 0 Å². The van der Waals surface area contributed by atoms with Gasteiger partial charge in [0.05, 0.1) is 5.69 Å². The molecular formula is C21H19NO2S3. The Bertz CT molecular complexity index is 1090. The lowest BCUT2D eigenvalue weighted by Gasteiger charge is -2.21. The van der Waals surface area contributed by atoms with Crippen molar-refractivity contribution in [2.45, 2.75) is 33.8 Å². The monoisotopic (exact) mass is 413 g/mol. The lowest BCUT2D eigenvalue weighted by molar-refractivity contribution is 0.603. The third kappa shape index (κ3) is 3.83. The van der Waals surface area contributed by atoms with Crippen molar-refractivity contribution < 1.29 is 8.42 Å². The number of hydrogen-bond acceptors (Lipinski definition) is 4. The molecule has 1 heterocycles. The number of thiophene rings is 1. The number of fused-ring (bicyclic) bond motifs is 1. The maximum atomic E-state index is 12.8. The van der Waals surface area contributed by atoms with Crippen LogP contribution in [-0.2, 0) is 16.4 Å². The van der Waals surface area contributed by atoms with E-state index in [1.165, 1.54) is 22.5 Å². The number of rotatable bonds is 5. The highest BCUT2D eigenvalue weighted by Gasteiger charge is 2.21. The summed E-state index contributed by atoms with van der Waals surface area (Å²) in [6.45, 7) is 2.13. The molecule has 0 atom stereocenters. The molecule has 4 rings (SSSR count). The predicted octanol–water partition coefficient (Wildman–Crippen LogP) is 5.97. The van der Waals surface area contributed by atoms with Gasteiger partial charge in [-0.2, -0.15) is 0 Å². The van der Waals surface area contributed by atoms with Crippen LogP contribution in [0.3, 0.4) is 0 Å². The van der Waals surface area contributed by atoms with Crippen LogP contribution in [0.15, 0.2) is 74.0 Å². The maximum Gasteiger partial charge on any atom is 0.271 e. The van der Waals surface area contributed by atoms with E-state index in [-0.39, 0.29) is 0 Å². The number of hydrogen-bond donors (Lipinski definition) is 1. The fourth-order valence-corrected chi connectivity index (χ4v) is 6.25. The summed E-state index contributed by atoms with van der Waals surface area (Å²) < 4.78 is 28.7. The molecule has 0 amide bonds. The van der Waals surface area contributed by atoms with Gasteiger partial charge in [-0.25, -0.2) is 8.42 Å². The highest BCUT2D eigenvalue weighted by atomic mass is 32.2. The Kier molecular flexibility index (Phi) is 5.12. The summed E-state index contributed by atoms with van der Waals surface area (Å²) in [6, 6.07) is 15.5. The molecule has 0 unspecified atom stereocenters. The Hall–Kier alpha value is -2.02. The predicted molar refractivity (Wildman–Crippen MR) is 114 cm³/mol. The van der Waals surface area contributed by atoms with Crippen molar-refractivity contribution in [1.29, 1.82) is 0 Å². The van der Waals surface area contributed by atoms with E-state index in [0.717, 1.165) is 28.2 Å². The minimum atomic E-state index is -3.58. The van der Waals surface area contributed by atoms with Crippen LogP contribution in [-0.4, -0.2) is 8.42 Å². The molecule has 6 heteroatoms. The molecule has 0 saturated carbocycles. The minimum absolute atomic E-state index is 0.328. The Balaban J connectivity index is 1.79. The first-order valence-corrected chi connectivity index (χ1v) is 11.8. The average Bonchev–Trinajstić information content (AvgIpc) is 3.22. The molecule has 3 aromatic rings.